The molecule has 0 bridgehead atoms. The highest BCUT2D eigenvalue weighted by molar-refractivity contribution is 5.90. The van der Waals surface area contributed by atoms with E-state index in [9.17, 15) is 4.79 Å². The summed E-state index contributed by atoms with van der Waals surface area (Å²) < 4.78 is 6.79. The molecule has 0 saturated carbocycles. The van der Waals surface area contributed by atoms with Crippen molar-refractivity contribution in [3.05, 3.63) is 60.0 Å². The van der Waals surface area contributed by atoms with Crippen LogP contribution in [0.15, 0.2) is 53.3 Å². The van der Waals surface area contributed by atoms with Gasteiger partial charge in [0.05, 0.1) is 24.1 Å². The van der Waals surface area contributed by atoms with Crippen molar-refractivity contribution in [3.8, 4) is 5.69 Å². The Morgan fingerprint density at radius 2 is 2.12 bits per heavy atom. The largest absolute Gasteiger partial charge is 0.338 e. The minimum atomic E-state index is -0.149. The molecule has 0 atom stereocenters. The van der Waals surface area contributed by atoms with Crippen LogP contribution in [0.1, 0.15) is 11.3 Å². The lowest BCUT2D eigenvalue weighted by molar-refractivity contribution is -0.117. The average molecular weight is 325 g/mol. The molecule has 1 amide bonds. The fraction of sp³-hybridized carbons (Fsp3) is 0.235. The Kier molecular flexibility index (Phi) is 4.72. The van der Waals surface area contributed by atoms with Gasteiger partial charge >= 0.3 is 0 Å². The smallest absolute Gasteiger partial charge is 0.240 e. The lowest BCUT2D eigenvalue weighted by Gasteiger charge is -2.14. The molecular weight excluding hydrogens is 306 g/mol. The Morgan fingerprint density at radius 3 is 2.83 bits per heavy atom. The molecule has 0 radical (unpaired) electrons. The van der Waals surface area contributed by atoms with Crippen molar-refractivity contribution >= 4 is 11.8 Å². The minimum Gasteiger partial charge on any atom is -0.338 e. The summed E-state index contributed by atoms with van der Waals surface area (Å²) in [6.07, 6.45) is 3.77. The number of hydrogen-bond acceptors (Lipinski definition) is 5. The maximum Gasteiger partial charge on any atom is 0.240 e. The summed E-state index contributed by atoms with van der Waals surface area (Å²) >= 11 is 0. The molecule has 124 valence electrons. The molecule has 3 rings (SSSR count). The number of carbonyl (C=O) groups is 1. The van der Waals surface area contributed by atoms with Gasteiger partial charge in [-0.05, 0) is 26.1 Å². The van der Waals surface area contributed by atoms with Gasteiger partial charge in [0.25, 0.3) is 0 Å². The van der Waals surface area contributed by atoms with Crippen LogP contribution in [0.3, 0.4) is 0 Å². The van der Waals surface area contributed by atoms with Gasteiger partial charge in [0, 0.05) is 24.4 Å². The van der Waals surface area contributed by atoms with E-state index in [-0.39, 0.29) is 12.5 Å². The monoisotopic (exact) mass is 325 g/mol. The quantitative estimate of drug-likeness (QED) is 0.752. The maximum atomic E-state index is 12.0. The number of hydrogen-bond donors (Lipinski definition) is 1. The van der Waals surface area contributed by atoms with Crippen molar-refractivity contribution in [3.63, 3.8) is 0 Å². The zero-order valence-electron chi connectivity index (χ0n) is 13.6. The third-order valence-corrected chi connectivity index (χ3v) is 3.41. The topological polar surface area (TPSA) is 76.2 Å². The van der Waals surface area contributed by atoms with Gasteiger partial charge in [0.15, 0.2) is 0 Å². The summed E-state index contributed by atoms with van der Waals surface area (Å²) in [5.74, 6) is 0.215. The van der Waals surface area contributed by atoms with Crippen LogP contribution in [-0.4, -0.2) is 39.3 Å². The highest BCUT2D eigenvalue weighted by atomic mass is 16.5. The molecule has 7 heteroatoms. The third-order valence-electron chi connectivity index (χ3n) is 3.41. The fourth-order valence-electron chi connectivity index (χ4n) is 2.38. The second-order valence-corrected chi connectivity index (χ2v) is 5.68. The first-order valence-corrected chi connectivity index (χ1v) is 7.61. The highest BCUT2D eigenvalue weighted by Crippen LogP contribution is 2.10. The summed E-state index contributed by atoms with van der Waals surface area (Å²) in [4.78, 5) is 13.9. The molecule has 2 aromatic heterocycles. The minimum absolute atomic E-state index is 0.149. The molecule has 0 aliphatic heterocycles. The van der Waals surface area contributed by atoms with Gasteiger partial charge in [-0.1, -0.05) is 23.4 Å². The number of amides is 1. The molecular formula is C17H19N5O2. The zero-order chi connectivity index (χ0) is 16.9. The predicted molar refractivity (Wildman–Crippen MR) is 89.8 cm³/mol. The molecule has 24 heavy (non-hydrogen) atoms. The summed E-state index contributed by atoms with van der Waals surface area (Å²) in [6.45, 7) is 2.67. The van der Waals surface area contributed by atoms with E-state index in [1.165, 1.54) is 0 Å². The number of carbonyl (C=O) groups excluding carboxylic acids is 1. The number of rotatable bonds is 6. The van der Waals surface area contributed by atoms with E-state index >= 15 is 0 Å². The number of benzene rings is 1. The van der Waals surface area contributed by atoms with Gasteiger partial charge < -0.3 is 4.52 Å². The molecule has 1 N–H and O–H groups in total. The first-order chi connectivity index (χ1) is 11.6. The average Bonchev–Trinajstić information content (AvgIpc) is 3.17. The molecule has 7 nitrogen and oxygen atoms in total. The van der Waals surface area contributed by atoms with Crippen molar-refractivity contribution < 1.29 is 9.32 Å². The van der Waals surface area contributed by atoms with Crippen LogP contribution in [0, 0.1) is 6.92 Å². The number of para-hydroxylation sites is 1. The molecule has 3 aromatic rings. The number of likely N-dealkylation sites (N-methyl/N-ethyl adjacent to an activating group) is 1. The van der Waals surface area contributed by atoms with E-state index in [4.69, 9.17) is 4.52 Å². The predicted octanol–water partition coefficient (Wildman–Crippen LogP) is 2.24. The van der Waals surface area contributed by atoms with Gasteiger partial charge in [0.2, 0.25) is 11.8 Å². The summed E-state index contributed by atoms with van der Waals surface area (Å²) in [6, 6.07) is 11.6. The summed E-state index contributed by atoms with van der Waals surface area (Å²) in [7, 11) is 1.88. The summed E-state index contributed by atoms with van der Waals surface area (Å²) in [5.41, 5.74) is 2.77. The van der Waals surface area contributed by atoms with E-state index in [2.05, 4.69) is 15.6 Å². The number of nitrogens with one attached hydrogen (secondary N) is 1. The molecule has 0 aliphatic carbocycles. The Hall–Kier alpha value is -2.93. The van der Waals surface area contributed by atoms with Crippen LogP contribution in [0.4, 0.5) is 5.88 Å². The third kappa shape index (κ3) is 4.08. The van der Waals surface area contributed by atoms with Gasteiger partial charge in [-0.3, -0.25) is 15.0 Å². The van der Waals surface area contributed by atoms with Crippen molar-refractivity contribution in [1.82, 2.24) is 19.8 Å². The van der Waals surface area contributed by atoms with Crippen LogP contribution in [0.5, 0.6) is 0 Å². The number of aromatic nitrogens is 3. The van der Waals surface area contributed by atoms with E-state index in [1.54, 1.807) is 19.2 Å². The standard InChI is InChI=1S/C17H19N5O2/c1-13-8-17(24-20-13)19-16(23)12-21(2)10-14-9-18-22(11-14)15-6-4-3-5-7-15/h3-9,11H,10,12H2,1-2H3,(H,19,23). The van der Waals surface area contributed by atoms with Crippen LogP contribution in [0.2, 0.25) is 0 Å². The first-order valence-electron chi connectivity index (χ1n) is 7.61. The van der Waals surface area contributed by atoms with Gasteiger partial charge in [-0.25, -0.2) is 4.68 Å². The number of aryl methyl sites for hydroxylation is 1. The molecule has 0 unspecified atom stereocenters. The Balaban J connectivity index is 1.54. The SMILES string of the molecule is Cc1cc(NC(=O)CN(C)Cc2cnn(-c3ccccc3)c2)on1. The number of nitrogens with zero attached hydrogens (tertiary/aromatic N) is 4. The highest BCUT2D eigenvalue weighted by Gasteiger charge is 2.11. The van der Waals surface area contributed by atoms with Crippen LogP contribution in [0.25, 0.3) is 5.69 Å². The van der Waals surface area contributed by atoms with E-state index in [0.29, 0.717) is 12.4 Å². The maximum absolute atomic E-state index is 12.0. The van der Waals surface area contributed by atoms with Crippen molar-refractivity contribution in [2.24, 2.45) is 0 Å². The van der Waals surface area contributed by atoms with E-state index in [0.717, 1.165) is 16.9 Å². The lowest BCUT2D eigenvalue weighted by atomic mass is 10.3. The van der Waals surface area contributed by atoms with Crippen molar-refractivity contribution in [1.29, 1.82) is 0 Å². The molecule has 2 heterocycles. The zero-order valence-corrected chi connectivity index (χ0v) is 13.6. The molecule has 0 fully saturated rings. The molecule has 1 aromatic carbocycles. The van der Waals surface area contributed by atoms with Gasteiger partial charge in [0.1, 0.15) is 0 Å². The Morgan fingerprint density at radius 1 is 1.33 bits per heavy atom. The van der Waals surface area contributed by atoms with E-state index < -0.39 is 0 Å². The first kappa shape index (κ1) is 15.9. The van der Waals surface area contributed by atoms with Crippen molar-refractivity contribution in [2.45, 2.75) is 13.5 Å². The summed E-state index contributed by atoms with van der Waals surface area (Å²) in [5, 5.41) is 10.8. The van der Waals surface area contributed by atoms with Crippen LogP contribution in [-0.2, 0) is 11.3 Å². The van der Waals surface area contributed by atoms with Crippen LogP contribution >= 0.6 is 0 Å². The van der Waals surface area contributed by atoms with Crippen LogP contribution < -0.4 is 5.32 Å². The second kappa shape index (κ2) is 7.10. The Bertz CT molecular complexity index is 809. The normalized spacial score (nSPS) is 11.0. The van der Waals surface area contributed by atoms with Crippen molar-refractivity contribution in [2.75, 3.05) is 18.9 Å². The van der Waals surface area contributed by atoms with Gasteiger partial charge in [-0.2, -0.15) is 5.10 Å². The second-order valence-electron chi connectivity index (χ2n) is 5.68. The van der Waals surface area contributed by atoms with Gasteiger partial charge in [-0.15, -0.1) is 0 Å². The molecule has 0 saturated heterocycles. The molecule has 0 spiro atoms. The Labute approximate surface area is 139 Å². The van der Waals surface area contributed by atoms with E-state index in [1.807, 2.05) is 53.2 Å². The number of anilines is 1. The lowest BCUT2D eigenvalue weighted by Crippen LogP contribution is -2.29. The molecule has 0 aliphatic rings. The fourth-order valence-corrected chi connectivity index (χ4v) is 2.38.